The first kappa shape index (κ1) is 20.3. The monoisotopic (exact) mass is 392 g/mol. The first-order valence-corrected chi connectivity index (χ1v) is 10.3. The highest BCUT2D eigenvalue weighted by atomic mass is 16.9. The van der Waals surface area contributed by atoms with E-state index in [1.54, 1.807) is 0 Å². The van der Waals surface area contributed by atoms with Crippen LogP contribution >= 0.6 is 0 Å². The van der Waals surface area contributed by atoms with Gasteiger partial charge in [0.1, 0.15) is 18.3 Å². The van der Waals surface area contributed by atoms with Crippen LogP contribution in [-0.2, 0) is 35.0 Å². The quantitative estimate of drug-likeness (QED) is 0.659. The molecule has 3 aliphatic rings. The summed E-state index contributed by atoms with van der Waals surface area (Å²) in [6, 6.07) is 10.2. The molecule has 0 radical (unpaired) electrons. The Kier molecular flexibility index (Phi) is 5.55. The van der Waals surface area contributed by atoms with E-state index in [0.29, 0.717) is 19.8 Å². The van der Waals surface area contributed by atoms with Crippen LogP contribution < -0.4 is 0 Å². The minimum absolute atomic E-state index is 0.163. The molecular formula is C22H32O6. The normalized spacial score (nSPS) is 35.5. The van der Waals surface area contributed by atoms with Crippen LogP contribution in [0.1, 0.15) is 52.5 Å². The Hall–Kier alpha value is -1.02. The molecule has 28 heavy (non-hydrogen) atoms. The van der Waals surface area contributed by atoms with Crippen molar-refractivity contribution in [2.75, 3.05) is 13.2 Å². The Morgan fingerprint density at radius 3 is 2.54 bits per heavy atom. The van der Waals surface area contributed by atoms with Crippen molar-refractivity contribution >= 4 is 0 Å². The lowest BCUT2D eigenvalue weighted by molar-refractivity contribution is -0.328. The minimum Gasteiger partial charge on any atom is -0.377 e. The highest BCUT2D eigenvalue weighted by molar-refractivity contribution is 5.13. The van der Waals surface area contributed by atoms with Crippen molar-refractivity contribution in [1.29, 1.82) is 0 Å². The second-order valence-corrected chi connectivity index (χ2v) is 8.80. The molecule has 4 atom stereocenters. The standard InChI is InChI=1S/C22H32O6/c1-20(2)24-15-17-18(26-20)19-22(25-17,28-21(3,4)27-19)12-8-9-13-23-14-16-10-6-5-7-11-16/h5-7,10-11,17-19H,8-9,12-15H2,1-4H3/t17-,18+,19-,22-/m0/s1. The van der Waals surface area contributed by atoms with Gasteiger partial charge in [0.15, 0.2) is 11.6 Å². The Morgan fingerprint density at radius 1 is 0.964 bits per heavy atom. The van der Waals surface area contributed by atoms with Crippen LogP contribution in [0.2, 0.25) is 0 Å². The van der Waals surface area contributed by atoms with Crippen LogP contribution in [0, 0.1) is 0 Å². The van der Waals surface area contributed by atoms with Crippen molar-refractivity contribution in [3.05, 3.63) is 35.9 Å². The predicted molar refractivity (Wildman–Crippen MR) is 102 cm³/mol. The summed E-state index contributed by atoms with van der Waals surface area (Å²) >= 11 is 0. The first-order chi connectivity index (χ1) is 13.3. The van der Waals surface area contributed by atoms with E-state index in [4.69, 9.17) is 28.4 Å². The molecule has 0 unspecified atom stereocenters. The fourth-order valence-electron chi connectivity index (χ4n) is 4.32. The fraction of sp³-hybridized carbons (Fsp3) is 0.727. The number of benzene rings is 1. The van der Waals surface area contributed by atoms with Gasteiger partial charge < -0.3 is 28.4 Å². The van der Waals surface area contributed by atoms with E-state index < -0.39 is 17.4 Å². The molecule has 3 heterocycles. The third-order valence-electron chi connectivity index (χ3n) is 5.47. The van der Waals surface area contributed by atoms with Crippen LogP contribution in [0.3, 0.4) is 0 Å². The van der Waals surface area contributed by atoms with E-state index in [9.17, 15) is 0 Å². The average molecular weight is 392 g/mol. The Labute approximate surface area is 167 Å². The fourth-order valence-corrected chi connectivity index (χ4v) is 4.32. The molecular weight excluding hydrogens is 360 g/mol. The van der Waals surface area contributed by atoms with Gasteiger partial charge in [0.05, 0.1) is 13.2 Å². The molecule has 0 N–H and O–H groups in total. The lowest BCUT2D eigenvalue weighted by Crippen LogP contribution is -2.51. The molecule has 4 rings (SSSR count). The van der Waals surface area contributed by atoms with Gasteiger partial charge in [0.2, 0.25) is 5.79 Å². The number of unbranched alkanes of at least 4 members (excludes halogenated alkanes) is 1. The van der Waals surface area contributed by atoms with Crippen LogP contribution in [0.25, 0.3) is 0 Å². The molecule has 156 valence electrons. The highest BCUT2D eigenvalue weighted by Crippen LogP contribution is 2.50. The molecule has 0 bridgehead atoms. The number of ether oxygens (including phenoxy) is 6. The van der Waals surface area contributed by atoms with Gasteiger partial charge in [-0.2, -0.15) is 0 Å². The SMILES string of the molecule is CC1(C)OC[C@@H]2O[C@@]3(CCCCOCc4ccccc4)OC(C)(C)O[C@H]3[C@@H]2O1. The zero-order chi connectivity index (χ0) is 19.8. The van der Waals surface area contributed by atoms with Gasteiger partial charge in [-0.1, -0.05) is 30.3 Å². The molecule has 0 amide bonds. The van der Waals surface area contributed by atoms with Crippen molar-refractivity contribution in [1.82, 2.24) is 0 Å². The van der Waals surface area contributed by atoms with E-state index in [2.05, 4.69) is 12.1 Å². The second kappa shape index (κ2) is 7.67. The summed E-state index contributed by atoms with van der Waals surface area (Å²) in [7, 11) is 0. The minimum atomic E-state index is -0.776. The maximum Gasteiger partial charge on any atom is 0.201 e. The van der Waals surface area contributed by atoms with Crippen LogP contribution in [0.4, 0.5) is 0 Å². The predicted octanol–water partition coefficient (Wildman–Crippen LogP) is 3.77. The number of hydrogen-bond donors (Lipinski definition) is 0. The van der Waals surface area contributed by atoms with E-state index >= 15 is 0 Å². The topological polar surface area (TPSA) is 55.4 Å². The Bertz CT molecular complexity index is 660. The number of rotatable bonds is 7. The van der Waals surface area contributed by atoms with Crippen LogP contribution in [0.15, 0.2) is 30.3 Å². The van der Waals surface area contributed by atoms with Crippen molar-refractivity contribution in [3.8, 4) is 0 Å². The molecule has 3 saturated heterocycles. The summed E-state index contributed by atoms with van der Waals surface area (Å²) < 4.78 is 36.5. The van der Waals surface area contributed by atoms with Crippen molar-refractivity contribution in [3.63, 3.8) is 0 Å². The number of fused-ring (bicyclic) bond motifs is 3. The molecule has 0 aliphatic carbocycles. The second-order valence-electron chi connectivity index (χ2n) is 8.80. The first-order valence-electron chi connectivity index (χ1n) is 10.3. The Morgan fingerprint density at radius 2 is 1.75 bits per heavy atom. The van der Waals surface area contributed by atoms with E-state index in [1.807, 2.05) is 45.9 Å². The summed E-state index contributed by atoms with van der Waals surface area (Å²) in [6.07, 6.45) is 2.01. The van der Waals surface area contributed by atoms with Gasteiger partial charge in [0.25, 0.3) is 0 Å². The third-order valence-corrected chi connectivity index (χ3v) is 5.47. The molecule has 0 saturated carbocycles. The van der Waals surface area contributed by atoms with Gasteiger partial charge in [-0.3, -0.25) is 0 Å². The van der Waals surface area contributed by atoms with E-state index in [1.165, 1.54) is 5.56 Å². The van der Waals surface area contributed by atoms with E-state index in [0.717, 1.165) is 19.3 Å². The molecule has 1 aromatic rings. The molecule has 6 nitrogen and oxygen atoms in total. The average Bonchev–Trinajstić information content (AvgIpc) is 3.05. The molecule has 3 fully saturated rings. The van der Waals surface area contributed by atoms with Crippen molar-refractivity contribution < 1.29 is 28.4 Å². The third kappa shape index (κ3) is 4.27. The van der Waals surface area contributed by atoms with Crippen molar-refractivity contribution in [2.45, 2.75) is 89.2 Å². The molecule has 3 aliphatic heterocycles. The largest absolute Gasteiger partial charge is 0.377 e. The molecule has 6 heteroatoms. The van der Waals surface area contributed by atoms with Gasteiger partial charge >= 0.3 is 0 Å². The van der Waals surface area contributed by atoms with Gasteiger partial charge in [0, 0.05) is 13.0 Å². The summed E-state index contributed by atoms with van der Waals surface area (Å²) in [5, 5.41) is 0. The van der Waals surface area contributed by atoms with Crippen molar-refractivity contribution in [2.24, 2.45) is 0 Å². The summed E-state index contributed by atoms with van der Waals surface area (Å²) in [6.45, 7) is 9.55. The zero-order valence-corrected chi connectivity index (χ0v) is 17.3. The highest BCUT2D eigenvalue weighted by Gasteiger charge is 2.66. The zero-order valence-electron chi connectivity index (χ0n) is 17.3. The maximum absolute atomic E-state index is 6.34. The summed E-state index contributed by atoms with van der Waals surface area (Å²) in [5.74, 6) is -2.10. The van der Waals surface area contributed by atoms with Gasteiger partial charge in [-0.05, 0) is 46.1 Å². The summed E-state index contributed by atoms with van der Waals surface area (Å²) in [4.78, 5) is 0. The van der Waals surface area contributed by atoms with Crippen LogP contribution in [-0.4, -0.2) is 48.9 Å². The van der Waals surface area contributed by atoms with Crippen LogP contribution in [0.5, 0.6) is 0 Å². The van der Waals surface area contributed by atoms with Gasteiger partial charge in [-0.25, -0.2) is 0 Å². The number of hydrogen-bond acceptors (Lipinski definition) is 6. The molecule has 0 spiro atoms. The molecule has 1 aromatic carbocycles. The lowest BCUT2D eigenvalue weighted by Gasteiger charge is -2.38. The van der Waals surface area contributed by atoms with Gasteiger partial charge in [-0.15, -0.1) is 0 Å². The maximum atomic E-state index is 6.34. The van der Waals surface area contributed by atoms with E-state index in [-0.39, 0.29) is 18.3 Å². The Balaban J connectivity index is 1.30. The molecule has 0 aromatic heterocycles. The summed E-state index contributed by atoms with van der Waals surface area (Å²) in [5.41, 5.74) is 1.19. The lowest BCUT2D eigenvalue weighted by atomic mass is 9.99. The smallest absolute Gasteiger partial charge is 0.201 e.